The van der Waals surface area contributed by atoms with E-state index < -0.39 is 16.1 Å². The molecular weight excluding hydrogens is 484 g/mol. The summed E-state index contributed by atoms with van der Waals surface area (Å²) in [7, 11) is -3.71. The van der Waals surface area contributed by atoms with E-state index in [9.17, 15) is 13.2 Å². The second kappa shape index (κ2) is 11.0. The van der Waals surface area contributed by atoms with Gasteiger partial charge < -0.3 is 4.98 Å². The molecule has 1 aliphatic rings. The molecule has 2 heterocycles. The number of nitrogens with zero attached hydrogens (tertiary/aromatic N) is 3. The Labute approximate surface area is 218 Å². The van der Waals surface area contributed by atoms with Crippen LogP contribution >= 0.6 is 0 Å². The number of sulfonamides is 1. The number of carbonyl (C=O) groups is 1. The van der Waals surface area contributed by atoms with Crippen molar-refractivity contribution in [1.82, 2.24) is 19.2 Å². The van der Waals surface area contributed by atoms with Crippen LogP contribution in [0.25, 0.3) is 22.0 Å². The number of fused-ring (bicyclic) bond motifs is 1. The minimum atomic E-state index is -3.71. The molecule has 1 unspecified atom stereocenters. The molecule has 1 aliphatic heterocycles. The average molecular weight is 517 g/mol. The lowest BCUT2D eigenvalue weighted by Crippen LogP contribution is -2.51. The molecule has 1 aromatic heterocycles. The van der Waals surface area contributed by atoms with Crippen LogP contribution in [0.1, 0.15) is 38.1 Å². The molecule has 5 rings (SSSR count). The lowest BCUT2D eigenvalue weighted by molar-refractivity contribution is -0.118. The van der Waals surface area contributed by atoms with Crippen molar-refractivity contribution >= 4 is 26.6 Å². The molecule has 192 valence electrons. The number of hydrogen-bond donors (Lipinski definition) is 1. The van der Waals surface area contributed by atoms with Gasteiger partial charge in [-0.3, -0.25) is 9.69 Å². The normalized spacial score (nSPS) is 17.3. The fourth-order valence-corrected chi connectivity index (χ4v) is 6.55. The Morgan fingerprint density at radius 1 is 1.00 bits per heavy atom. The van der Waals surface area contributed by atoms with Gasteiger partial charge in [-0.25, -0.2) is 13.4 Å². The third-order valence-corrected chi connectivity index (χ3v) is 8.98. The van der Waals surface area contributed by atoms with Gasteiger partial charge in [-0.1, -0.05) is 61.5 Å². The zero-order valence-corrected chi connectivity index (χ0v) is 21.8. The third kappa shape index (κ3) is 5.51. The van der Waals surface area contributed by atoms with Crippen LogP contribution < -0.4 is 0 Å². The van der Waals surface area contributed by atoms with Crippen LogP contribution in [-0.2, 0) is 14.8 Å². The first-order valence-corrected chi connectivity index (χ1v) is 14.2. The Bertz CT molecular complexity index is 1480. The summed E-state index contributed by atoms with van der Waals surface area (Å²) in [6.45, 7) is 4.11. The fraction of sp³-hybridized carbons (Fsp3) is 0.310. The van der Waals surface area contributed by atoms with Crippen molar-refractivity contribution in [2.45, 2.75) is 37.1 Å². The molecule has 8 heteroatoms. The van der Waals surface area contributed by atoms with Crippen molar-refractivity contribution < 1.29 is 13.2 Å². The number of ketones is 1. The SMILES string of the molecule is CCC(=O)CCCN1CCN(S(=O)(=O)c2ccccc2)C(c2ncc(-c3ccc4ccccc4c3)[nH]2)C1. The number of aromatic amines is 1. The standard InChI is InChI=1S/C29H32N4O3S/c1-2-25(34)11-8-16-32-17-18-33(37(35,36)26-12-4-3-5-13-26)28(21-32)29-30-20-27(31-29)24-15-14-22-9-6-7-10-23(22)19-24/h3-7,9-10,12-15,19-20,28H,2,8,11,16-18,21H2,1H3,(H,30,31). The van der Waals surface area contributed by atoms with E-state index in [0.29, 0.717) is 38.3 Å². The largest absolute Gasteiger partial charge is 0.341 e. The van der Waals surface area contributed by atoms with Crippen LogP contribution in [0.5, 0.6) is 0 Å². The quantitative estimate of drug-likeness (QED) is 0.337. The smallest absolute Gasteiger partial charge is 0.243 e. The minimum absolute atomic E-state index is 0.257. The molecule has 0 radical (unpaired) electrons. The first-order valence-electron chi connectivity index (χ1n) is 12.8. The number of Topliss-reactive ketones (excluding diaryl/α,β-unsaturated/α-hetero) is 1. The summed E-state index contributed by atoms with van der Waals surface area (Å²) in [5, 5.41) is 2.30. The Morgan fingerprint density at radius 3 is 2.54 bits per heavy atom. The van der Waals surface area contributed by atoms with E-state index in [1.165, 1.54) is 0 Å². The summed E-state index contributed by atoms with van der Waals surface area (Å²) < 4.78 is 28.9. The van der Waals surface area contributed by atoms with Crippen molar-refractivity contribution in [1.29, 1.82) is 0 Å². The molecule has 4 aromatic rings. The fourth-order valence-electron chi connectivity index (χ4n) is 4.95. The number of piperazine rings is 1. The number of aromatic nitrogens is 2. The van der Waals surface area contributed by atoms with Gasteiger partial charge in [-0.2, -0.15) is 4.31 Å². The molecule has 1 N–H and O–H groups in total. The lowest BCUT2D eigenvalue weighted by Gasteiger charge is -2.39. The summed E-state index contributed by atoms with van der Waals surface area (Å²) in [5.74, 6) is 0.880. The summed E-state index contributed by atoms with van der Waals surface area (Å²) in [6.07, 6.45) is 3.66. The lowest BCUT2D eigenvalue weighted by atomic mass is 10.1. The number of nitrogens with one attached hydrogen (secondary N) is 1. The molecule has 3 aromatic carbocycles. The summed E-state index contributed by atoms with van der Waals surface area (Å²) in [4.78, 5) is 22.4. The monoisotopic (exact) mass is 516 g/mol. The number of H-pyrrole nitrogens is 1. The highest BCUT2D eigenvalue weighted by molar-refractivity contribution is 7.89. The van der Waals surface area contributed by atoms with Gasteiger partial charge in [0.15, 0.2) is 0 Å². The number of carbonyl (C=O) groups excluding carboxylic acids is 1. The van der Waals surface area contributed by atoms with E-state index >= 15 is 0 Å². The molecule has 1 fully saturated rings. The van der Waals surface area contributed by atoms with E-state index in [1.54, 1.807) is 34.8 Å². The van der Waals surface area contributed by atoms with Crippen LogP contribution in [0.15, 0.2) is 83.9 Å². The maximum absolute atomic E-state index is 13.7. The number of imidazole rings is 1. The van der Waals surface area contributed by atoms with Gasteiger partial charge in [-0.15, -0.1) is 0 Å². The van der Waals surface area contributed by atoms with Gasteiger partial charge in [0, 0.05) is 38.0 Å². The third-order valence-electron chi connectivity index (χ3n) is 7.06. The maximum Gasteiger partial charge on any atom is 0.243 e. The molecular formula is C29H32N4O3S. The maximum atomic E-state index is 13.7. The predicted octanol–water partition coefficient (Wildman–Crippen LogP) is 5.04. The van der Waals surface area contributed by atoms with Crippen LogP contribution in [0.4, 0.5) is 0 Å². The van der Waals surface area contributed by atoms with E-state index in [0.717, 1.165) is 35.0 Å². The molecule has 37 heavy (non-hydrogen) atoms. The van der Waals surface area contributed by atoms with Crippen molar-refractivity contribution in [2.24, 2.45) is 0 Å². The van der Waals surface area contributed by atoms with E-state index in [-0.39, 0.29) is 10.7 Å². The molecule has 0 spiro atoms. The Balaban J connectivity index is 1.44. The van der Waals surface area contributed by atoms with E-state index in [2.05, 4.69) is 45.2 Å². The highest BCUT2D eigenvalue weighted by Crippen LogP contribution is 2.32. The topological polar surface area (TPSA) is 86.4 Å². The van der Waals surface area contributed by atoms with Gasteiger partial charge in [0.25, 0.3) is 0 Å². The van der Waals surface area contributed by atoms with Crippen LogP contribution in [0.2, 0.25) is 0 Å². The number of benzene rings is 3. The highest BCUT2D eigenvalue weighted by atomic mass is 32.2. The van der Waals surface area contributed by atoms with Crippen LogP contribution in [-0.4, -0.2) is 59.6 Å². The van der Waals surface area contributed by atoms with Gasteiger partial charge in [0.2, 0.25) is 10.0 Å². The van der Waals surface area contributed by atoms with Crippen molar-refractivity contribution in [2.75, 3.05) is 26.2 Å². The molecule has 0 amide bonds. The predicted molar refractivity (Wildman–Crippen MR) is 146 cm³/mol. The molecule has 1 atom stereocenters. The highest BCUT2D eigenvalue weighted by Gasteiger charge is 2.38. The van der Waals surface area contributed by atoms with Crippen LogP contribution in [0, 0.1) is 0 Å². The van der Waals surface area contributed by atoms with E-state index in [4.69, 9.17) is 0 Å². The van der Waals surface area contributed by atoms with Crippen molar-refractivity contribution in [3.8, 4) is 11.3 Å². The number of hydrogen-bond acceptors (Lipinski definition) is 5. The molecule has 1 saturated heterocycles. The van der Waals surface area contributed by atoms with Gasteiger partial charge in [0.05, 0.1) is 22.8 Å². The first kappa shape index (κ1) is 25.3. The van der Waals surface area contributed by atoms with Gasteiger partial charge in [-0.05, 0) is 41.9 Å². The minimum Gasteiger partial charge on any atom is -0.341 e. The van der Waals surface area contributed by atoms with Crippen molar-refractivity contribution in [3.05, 3.63) is 84.8 Å². The molecule has 7 nitrogen and oxygen atoms in total. The molecule has 0 bridgehead atoms. The molecule has 0 aliphatic carbocycles. The van der Waals surface area contributed by atoms with Crippen LogP contribution in [0.3, 0.4) is 0 Å². The summed E-state index contributed by atoms with van der Waals surface area (Å²) in [5.41, 5.74) is 1.85. The Morgan fingerprint density at radius 2 is 1.76 bits per heavy atom. The molecule has 0 saturated carbocycles. The number of rotatable bonds is 9. The van der Waals surface area contributed by atoms with E-state index in [1.807, 2.05) is 25.1 Å². The zero-order chi connectivity index (χ0) is 25.8. The van der Waals surface area contributed by atoms with Gasteiger partial charge >= 0.3 is 0 Å². The first-order chi connectivity index (χ1) is 18.0. The summed E-state index contributed by atoms with van der Waals surface area (Å²) in [6, 6.07) is 22.5. The van der Waals surface area contributed by atoms with Crippen molar-refractivity contribution in [3.63, 3.8) is 0 Å². The Kier molecular flexibility index (Phi) is 7.50. The second-order valence-corrected chi connectivity index (χ2v) is 11.4. The Hall–Kier alpha value is -3.33. The zero-order valence-electron chi connectivity index (χ0n) is 21.0. The van der Waals surface area contributed by atoms with Gasteiger partial charge in [0.1, 0.15) is 11.6 Å². The second-order valence-electron chi connectivity index (χ2n) is 9.49. The summed E-state index contributed by atoms with van der Waals surface area (Å²) >= 11 is 0. The average Bonchev–Trinajstić information content (AvgIpc) is 3.43.